The molecule has 6 aromatic rings. The Bertz CT molecular complexity index is 2480. The topological polar surface area (TPSA) is 98.0 Å². The standard InChI is InChI=1S/C22H21F2N3O.C18H15F2N3O.C4H8Br2/c1-13-15(5-4-6-17(13)23)14-7-8-19-25-22(26-9-2-3-10-26)20(27(19)12-14)21(28)16-11-18(16)24;1-9-11(3-2-4-13(9)19)10-5-6-15-22-18(21)16(23(15)8-10)17(24)12-7-14(12)20;5-3-1-2-4-6/h4-8,12,16,18H,2-3,9-11H2,1H3;2-6,8,12,14H,7,21H2,1H3;1-4H2/t16-,18+;12-,14+;/m11./s1. The van der Waals surface area contributed by atoms with Gasteiger partial charge in [-0.25, -0.2) is 27.5 Å². The van der Waals surface area contributed by atoms with Crippen LogP contribution in [0.25, 0.3) is 33.5 Å². The zero-order valence-corrected chi connectivity index (χ0v) is 35.4. The van der Waals surface area contributed by atoms with Crippen molar-refractivity contribution in [3.8, 4) is 22.3 Å². The maximum Gasteiger partial charge on any atom is 0.189 e. The minimum atomic E-state index is -1.10. The van der Waals surface area contributed by atoms with Gasteiger partial charge in [-0.1, -0.05) is 56.1 Å². The molecule has 1 aliphatic heterocycles. The highest BCUT2D eigenvalue weighted by molar-refractivity contribution is 9.09. The number of nitrogen functional groups attached to an aromatic ring is 1. The minimum absolute atomic E-state index is 0.0900. The van der Waals surface area contributed by atoms with Crippen LogP contribution in [-0.2, 0) is 0 Å². The van der Waals surface area contributed by atoms with Gasteiger partial charge in [0.15, 0.2) is 23.2 Å². The van der Waals surface area contributed by atoms with Gasteiger partial charge in [0.2, 0.25) is 0 Å². The Kier molecular flexibility index (Phi) is 12.7. The molecule has 1 saturated heterocycles. The number of anilines is 2. The average Bonchev–Trinajstić information content (AvgIpc) is 3.90. The Morgan fingerprint density at radius 2 is 1.16 bits per heavy atom. The number of fused-ring (bicyclic) bond motifs is 2. The molecule has 0 unspecified atom stereocenters. The van der Waals surface area contributed by atoms with Crippen LogP contribution in [0.2, 0.25) is 0 Å². The van der Waals surface area contributed by atoms with E-state index < -0.39 is 24.2 Å². The first-order valence-corrected chi connectivity index (χ1v) is 21.7. The van der Waals surface area contributed by atoms with Gasteiger partial charge in [-0.2, -0.15) is 0 Å². The number of nitrogens with zero attached hydrogens (tertiary/aromatic N) is 5. The molecule has 14 heteroatoms. The number of pyridine rings is 2. The number of aromatic nitrogens is 4. The third-order valence-electron chi connectivity index (χ3n) is 10.9. The Morgan fingerprint density at radius 1 is 0.707 bits per heavy atom. The third-order valence-corrected chi connectivity index (χ3v) is 12.0. The monoisotopic (exact) mass is 922 g/mol. The van der Waals surface area contributed by atoms with Crippen molar-refractivity contribution in [1.82, 2.24) is 18.8 Å². The normalized spacial score (nSPS) is 19.4. The van der Waals surface area contributed by atoms with Gasteiger partial charge in [0.05, 0.1) is 11.8 Å². The van der Waals surface area contributed by atoms with Crippen molar-refractivity contribution in [2.24, 2.45) is 11.8 Å². The van der Waals surface area contributed by atoms with Crippen LogP contribution in [0.15, 0.2) is 73.1 Å². The van der Waals surface area contributed by atoms with Crippen molar-refractivity contribution in [2.45, 2.75) is 64.7 Å². The molecule has 0 amide bonds. The highest BCUT2D eigenvalue weighted by atomic mass is 79.9. The van der Waals surface area contributed by atoms with Crippen molar-refractivity contribution < 1.29 is 27.2 Å². The van der Waals surface area contributed by atoms with Crippen molar-refractivity contribution in [3.05, 3.63) is 107 Å². The molecule has 2 saturated carbocycles. The van der Waals surface area contributed by atoms with Gasteiger partial charge >= 0.3 is 0 Å². The van der Waals surface area contributed by atoms with Gasteiger partial charge in [0, 0.05) is 36.1 Å². The fourth-order valence-electron chi connectivity index (χ4n) is 7.29. The van der Waals surface area contributed by atoms with Gasteiger partial charge in [-0.05, 0) is 122 Å². The maximum absolute atomic E-state index is 14.0. The summed E-state index contributed by atoms with van der Waals surface area (Å²) in [5, 5.41) is 2.28. The second kappa shape index (κ2) is 17.7. The fraction of sp³-hybridized carbons (Fsp3) is 0.364. The van der Waals surface area contributed by atoms with Gasteiger partial charge in [0.1, 0.15) is 46.7 Å². The average molecular weight is 925 g/mol. The minimum Gasteiger partial charge on any atom is -0.382 e. The number of alkyl halides is 4. The number of Topliss-reactive ketones (excluding diaryl/α,β-unsaturated/α-hetero) is 2. The lowest BCUT2D eigenvalue weighted by Crippen LogP contribution is -2.22. The van der Waals surface area contributed by atoms with Gasteiger partial charge in [-0.3, -0.25) is 18.4 Å². The lowest BCUT2D eigenvalue weighted by Gasteiger charge is -2.16. The van der Waals surface area contributed by atoms with E-state index in [2.05, 4.69) is 41.7 Å². The predicted octanol–water partition coefficient (Wildman–Crippen LogP) is 10.7. The molecule has 5 heterocycles. The van der Waals surface area contributed by atoms with E-state index in [0.29, 0.717) is 33.9 Å². The quantitative estimate of drug-likeness (QED) is 0.0636. The van der Waals surface area contributed by atoms with E-state index in [4.69, 9.17) is 10.7 Å². The highest BCUT2D eigenvalue weighted by Gasteiger charge is 2.47. The molecule has 9 rings (SSSR count). The molecule has 8 nitrogen and oxygen atoms in total. The van der Waals surface area contributed by atoms with E-state index in [9.17, 15) is 27.2 Å². The molecule has 58 heavy (non-hydrogen) atoms. The number of benzene rings is 2. The number of ketones is 2. The Hall–Kier alpha value is -4.56. The van der Waals surface area contributed by atoms with Crippen molar-refractivity contribution in [2.75, 3.05) is 34.4 Å². The predicted molar refractivity (Wildman–Crippen MR) is 228 cm³/mol. The van der Waals surface area contributed by atoms with Crippen LogP contribution in [0, 0.1) is 37.3 Å². The summed E-state index contributed by atoms with van der Waals surface area (Å²) in [4.78, 5) is 36.5. The van der Waals surface area contributed by atoms with Crippen molar-refractivity contribution >= 4 is 66.4 Å². The largest absolute Gasteiger partial charge is 0.382 e. The number of carbonyl (C=O) groups excluding carboxylic acids is 2. The summed E-state index contributed by atoms with van der Waals surface area (Å²) in [6, 6.07) is 17.1. The summed E-state index contributed by atoms with van der Waals surface area (Å²) >= 11 is 6.66. The zero-order chi connectivity index (χ0) is 41.2. The first-order valence-electron chi connectivity index (χ1n) is 19.5. The number of carbonyl (C=O) groups is 2. The second-order valence-electron chi connectivity index (χ2n) is 15.0. The van der Waals surface area contributed by atoms with Crippen molar-refractivity contribution in [3.63, 3.8) is 0 Å². The van der Waals surface area contributed by atoms with E-state index >= 15 is 0 Å². The van der Waals surface area contributed by atoms with E-state index in [-0.39, 0.29) is 47.6 Å². The number of imidazole rings is 2. The van der Waals surface area contributed by atoms with Crippen molar-refractivity contribution in [1.29, 1.82) is 0 Å². The third kappa shape index (κ3) is 8.59. The van der Waals surface area contributed by atoms with Crippen LogP contribution in [-0.4, -0.2) is 66.4 Å². The summed E-state index contributed by atoms with van der Waals surface area (Å²) < 4.78 is 58.1. The van der Waals surface area contributed by atoms with Crippen LogP contribution in [0.4, 0.5) is 29.2 Å². The van der Waals surface area contributed by atoms with Gasteiger partial charge < -0.3 is 10.6 Å². The van der Waals surface area contributed by atoms with Gasteiger partial charge in [-0.15, -0.1) is 0 Å². The molecule has 4 atom stereocenters. The fourth-order valence-corrected chi connectivity index (χ4v) is 8.08. The number of hydrogen-bond donors (Lipinski definition) is 1. The summed E-state index contributed by atoms with van der Waals surface area (Å²) in [6.07, 6.45) is 6.57. The Balaban J connectivity index is 0.000000157. The molecule has 0 radical (unpaired) electrons. The molecule has 304 valence electrons. The van der Waals surface area contributed by atoms with Gasteiger partial charge in [0.25, 0.3) is 0 Å². The zero-order valence-electron chi connectivity index (χ0n) is 32.2. The molecule has 3 fully saturated rings. The van der Waals surface area contributed by atoms with E-state index in [1.807, 2.05) is 24.4 Å². The summed E-state index contributed by atoms with van der Waals surface area (Å²) in [6.45, 7) is 5.14. The van der Waals surface area contributed by atoms with Crippen LogP contribution in [0.5, 0.6) is 0 Å². The Morgan fingerprint density at radius 3 is 1.62 bits per heavy atom. The number of unbranched alkanes of at least 4 members (excludes halogenated alkanes) is 1. The molecule has 2 aliphatic carbocycles. The molecule has 4 aromatic heterocycles. The maximum atomic E-state index is 14.0. The first-order chi connectivity index (χ1) is 27.9. The summed E-state index contributed by atoms with van der Waals surface area (Å²) in [5.74, 6) is -1.55. The molecular formula is C44H44Br2F4N6O2. The SMILES string of the molecule is BrCCCCBr.Cc1c(F)cccc1-c1ccc2nc(N)c(C(=O)[C@@H]3C[C@@H]3F)n2c1.Cc1c(F)cccc1-c1ccc2nc(N3CCCC3)c(C(=O)[C@@H]3C[C@@H]3F)n2c1. The number of hydrogen-bond acceptors (Lipinski definition) is 6. The molecule has 2 N–H and O–H groups in total. The molecule has 0 bridgehead atoms. The lowest BCUT2D eigenvalue weighted by molar-refractivity contribution is 0.0944. The number of halogens is 6. The molecule has 3 aliphatic rings. The Labute approximate surface area is 351 Å². The van der Waals surface area contributed by atoms with E-state index in [1.54, 1.807) is 59.2 Å². The number of rotatable bonds is 10. The lowest BCUT2D eigenvalue weighted by atomic mass is 10.0. The number of nitrogens with two attached hydrogens (primary N) is 1. The first kappa shape index (κ1) is 41.6. The molecular weight excluding hydrogens is 880 g/mol. The molecule has 2 aromatic carbocycles. The summed E-state index contributed by atoms with van der Waals surface area (Å²) in [7, 11) is 0. The summed E-state index contributed by atoms with van der Waals surface area (Å²) in [5.41, 5.74) is 11.8. The van der Waals surface area contributed by atoms with Crippen LogP contribution in [0.3, 0.4) is 0 Å². The van der Waals surface area contributed by atoms with Crippen LogP contribution in [0.1, 0.15) is 70.6 Å². The van der Waals surface area contributed by atoms with Crippen LogP contribution < -0.4 is 10.6 Å². The van der Waals surface area contributed by atoms with E-state index in [1.165, 1.54) is 25.0 Å². The van der Waals surface area contributed by atoms with Crippen LogP contribution >= 0.6 is 31.9 Å². The smallest absolute Gasteiger partial charge is 0.189 e. The second-order valence-corrected chi connectivity index (χ2v) is 16.6. The van der Waals surface area contributed by atoms with E-state index in [0.717, 1.165) is 58.8 Å². The molecule has 0 spiro atoms. The highest BCUT2D eigenvalue weighted by Crippen LogP contribution is 2.40.